The first-order valence-corrected chi connectivity index (χ1v) is 8.60. The van der Waals surface area contributed by atoms with Crippen LogP contribution < -0.4 is 4.72 Å². The zero-order valence-electron chi connectivity index (χ0n) is 11.2. The van der Waals surface area contributed by atoms with Crippen molar-refractivity contribution in [3.63, 3.8) is 0 Å². The van der Waals surface area contributed by atoms with Crippen LogP contribution in [0.2, 0.25) is 0 Å². The molecule has 0 unspecified atom stereocenters. The van der Waals surface area contributed by atoms with E-state index in [1.807, 2.05) is 25.1 Å². The van der Waals surface area contributed by atoms with Gasteiger partial charge in [-0.05, 0) is 24.5 Å². The van der Waals surface area contributed by atoms with Crippen LogP contribution in [0.15, 0.2) is 28.7 Å². The number of nitrogens with one attached hydrogen (secondary N) is 1. The highest BCUT2D eigenvalue weighted by molar-refractivity contribution is 9.10. The van der Waals surface area contributed by atoms with Gasteiger partial charge in [-0.15, -0.1) is 0 Å². The fourth-order valence-electron chi connectivity index (χ4n) is 2.09. The smallest absolute Gasteiger partial charge is 0.201 e. The summed E-state index contributed by atoms with van der Waals surface area (Å²) >= 11 is 3.55. The van der Waals surface area contributed by atoms with Crippen molar-refractivity contribution in [3.8, 4) is 0 Å². The van der Waals surface area contributed by atoms with E-state index in [2.05, 4.69) is 26.7 Å². The maximum Gasteiger partial charge on any atom is 0.279 e. The minimum Gasteiger partial charge on any atom is -0.201 e. The molecule has 19 heavy (non-hydrogen) atoms. The molecule has 0 bridgehead atoms. The Hall–Kier alpha value is -0.430. The van der Waals surface area contributed by atoms with Crippen LogP contribution in [0.25, 0.3) is 0 Å². The summed E-state index contributed by atoms with van der Waals surface area (Å²) in [6.45, 7) is 2.75. The molecule has 2 rings (SSSR count). The Kier molecular flexibility index (Phi) is 4.35. The van der Waals surface area contributed by atoms with Crippen LogP contribution in [0.1, 0.15) is 25.3 Å². The van der Waals surface area contributed by atoms with Gasteiger partial charge in [-0.2, -0.15) is 12.7 Å². The van der Waals surface area contributed by atoms with Crippen molar-refractivity contribution in [2.45, 2.75) is 25.2 Å². The molecule has 0 aliphatic heterocycles. The number of nitrogens with zero attached hydrogens (tertiary/aromatic N) is 1. The Morgan fingerprint density at radius 3 is 2.53 bits per heavy atom. The third kappa shape index (κ3) is 3.18. The highest BCUT2D eigenvalue weighted by atomic mass is 79.9. The highest BCUT2D eigenvalue weighted by Crippen LogP contribution is 2.50. The summed E-state index contributed by atoms with van der Waals surface area (Å²) in [5.41, 5.74) is 1.15. The van der Waals surface area contributed by atoms with Crippen molar-refractivity contribution < 1.29 is 8.42 Å². The van der Waals surface area contributed by atoms with Crippen molar-refractivity contribution in [1.82, 2.24) is 9.03 Å². The molecule has 1 saturated carbocycles. The molecule has 0 spiro atoms. The summed E-state index contributed by atoms with van der Waals surface area (Å²) < 4.78 is 29.0. The van der Waals surface area contributed by atoms with E-state index in [0.29, 0.717) is 13.1 Å². The van der Waals surface area contributed by atoms with E-state index in [-0.39, 0.29) is 5.41 Å². The standard InChI is InChI=1S/C13H19BrN2O2S/c1-3-16(2)19(17,18)15-10-13(8-9-13)11-6-4-5-7-12(11)14/h4-7,15H,3,8-10H2,1-2H3. The van der Waals surface area contributed by atoms with Crippen LogP contribution in [0.5, 0.6) is 0 Å². The van der Waals surface area contributed by atoms with E-state index in [4.69, 9.17) is 0 Å². The lowest BCUT2D eigenvalue weighted by Gasteiger charge is -2.21. The van der Waals surface area contributed by atoms with Crippen LogP contribution in [0.4, 0.5) is 0 Å². The minimum atomic E-state index is -3.36. The maximum absolute atomic E-state index is 12.0. The molecular formula is C13H19BrN2O2S. The number of benzene rings is 1. The molecule has 1 fully saturated rings. The van der Waals surface area contributed by atoms with Crippen molar-refractivity contribution in [3.05, 3.63) is 34.3 Å². The van der Waals surface area contributed by atoms with Crippen LogP contribution >= 0.6 is 15.9 Å². The topological polar surface area (TPSA) is 49.4 Å². The average molecular weight is 347 g/mol. The first-order valence-electron chi connectivity index (χ1n) is 6.37. The largest absolute Gasteiger partial charge is 0.279 e. The highest BCUT2D eigenvalue weighted by Gasteiger charge is 2.45. The van der Waals surface area contributed by atoms with Gasteiger partial charge < -0.3 is 0 Å². The van der Waals surface area contributed by atoms with Gasteiger partial charge >= 0.3 is 0 Å². The fraction of sp³-hybridized carbons (Fsp3) is 0.538. The van der Waals surface area contributed by atoms with Gasteiger partial charge in [0.2, 0.25) is 0 Å². The van der Waals surface area contributed by atoms with E-state index in [9.17, 15) is 8.42 Å². The van der Waals surface area contributed by atoms with E-state index in [0.717, 1.165) is 17.3 Å². The van der Waals surface area contributed by atoms with Gasteiger partial charge in [0, 0.05) is 30.0 Å². The first kappa shape index (κ1) is 15.0. The Balaban J connectivity index is 2.10. The number of halogens is 1. The fourth-order valence-corrected chi connectivity index (χ4v) is 3.82. The summed E-state index contributed by atoms with van der Waals surface area (Å²) in [4.78, 5) is 0. The zero-order chi connectivity index (χ0) is 14.1. The third-order valence-corrected chi connectivity index (χ3v) is 6.03. The minimum absolute atomic E-state index is 0.0399. The summed E-state index contributed by atoms with van der Waals surface area (Å²) in [5.74, 6) is 0. The molecule has 1 aliphatic rings. The number of hydrogen-bond donors (Lipinski definition) is 1. The van der Waals surface area contributed by atoms with Crippen molar-refractivity contribution in [2.24, 2.45) is 0 Å². The molecule has 1 aromatic carbocycles. The summed E-state index contributed by atoms with van der Waals surface area (Å²) in [6, 6.07) is 8.03. The molecule has 0 atom stereocenters. The Labute approximate surface area is 123 Å². The van der Waals surface area contributed by atoms with Gasteiger partial charge in [-0.3, -0.25) is 0 Å². The van der Waals surface area contributed by atoms with Crippen molar-refractivity contribution in [2.75, 3.05) is 20.1 Å². The molecule has 0 saturated heterocycles. The predicted molar refractivity (Wildman–Crippen MR) is 80.3 cm³/mol. The monoisotopic (exact) mass is 346 g/mol. The molecule has 4 nitrogen and oxygen atoms in total. The number of hydrogen-bond acceptors (Lipinski definition) is 2. The van der Waals surface area contributed by atoms with Crippen LogP contribution in [0.3, 0.4) is 0 Å². The van der Waals surface area contributed by atoms with Crippen molar-refractivity contribution in [1.29, 1.82) is 0 Å². The summed E-state index contributed by atoms with van der Waals surface area (Å²) in [6.07, 6.45) is 2.04. The normalized spacial score (nSPS) is 17.7. The van der Waals surface area contributed by atoms with Gasteiger partial charge in [0.05, 0.1) is 0 Å². The van der Waals surface area contributed by atoms with Crippen LogP contribution in [-0.2, 0) is 15.6 Å². The van der Waals surface area contributed by atoms with E-state index >= 15 is 0 Å². The van der Waals surface area contributed by atoms with Gasteiger partial charge in [0.15, 0.2) is 0 Å². The quantitative estimate of drug-likeness (QED) is 0.858. The zero-order valence-corrected chi connectivity index (χ0v) is 13.6. The second-order valence-electron chi connectivity index (χ2n) is 5.00. The Bertz CT molecular complexity index is 556. The molecular weight excluding hydrogens is 328 g/mol. The summed E-state index contributed by atoms with van der Waals surface area (Å²) in [7, 11) is -1.77. The SMILES string of the molecule is CCN(C)S(=O)(=O)NCC1(c2ccccc2Br)CC1. The molecule has 106 valence electrons. The molecule has 0 amide bonds. The van der Waals surface area contributed by atoms with Crippen LogP contribution in [-0.4, -0.2) is 32.9 Å². The van der Waals surface area contributed by atoms with Gasteiger partial charge in [0.25, 0.3) is 10.2 Å². The molecule has 1 aliphatic carbocycles. The Morgan fingerprint density at radius 2 is 2.00 bits per heavy atom. The van der Waals surface area contributed by atoms with E-state index < -0.39 is 10.2 Å². The lowest BCUT2D eigenvalue weighted by atomic mass is 9.96. The first-order chi connectivity index (χ1) is 8.91. The predicted octanol–water partition coefficient (Wildman–Crippen LogP) is 2.27. The molecule has 1 aromatic rings. The molecule has 0 heterocycles. The molecule has 6 heteroatoms. The van der Waals surface area contributed by atoms with Gasteiger partial charge in [-0.25, -0.2) is 4.72 Å². The van der Waals surface area contributed by atoms with Gasteiger partial charge in [-0.1, -0.05) is 41.1 Å². The average Bonchev–Trinajstić information content (AvgIpc) is 3.17. The van der Waals surface area contributed by atoms with Gasteiger partial charge in [0.1, 0.15) is 0 Å². The lowest BCUT2D eigenvalue weighted by molar-refractivity contribution is 0.468. The second kappa shape index (κ2) is 5.52. The summed E-state index contributed by atoms with van der Waals surface area (Å²) in [5, 5.41) is 0. The molecule has 1 N–H and O–H groups in total. The van der Waals surface area contributed by atoms with Crippen molar-refractivity contribution >= 4 is 26.1 Å². The molecule has 0 radical (unpaired) electrons. The third-order valence-electron chi connectivity index (χ3n) is 3.75. The molecule has 0 aromatic heterocycles. The van der Waals surface area contributed by atoms with E-state index in [1.165, 1.54) is 9.87 Å². The van der Waals surface area contributed by atoms with E-state index in [1.54, 1.807) is 7.05 Å². The Morgan fingerprint density at radius 1 is 1.37 bits per heavy atom. The lowest BCUT2D eigenvalue weighted by Crippen LogP contribution is -2.41. The number of rotatable bonds is 6. The maximum atomic E-state index is 12.0. The second-order valence-corrected chi connectivity index (χ2v) is 7.72. The van der Waals surface area contributed by atoms with Crippen LogP contribution in [0, 0.1) is 0 Å².